The number of rotatable bonds is 7. The van der Waals surface area contributed by atoms with Crippen LogP contribution in [0.1, 0.15) is 43.0 Å². The lowest BCUT2D eigenvalue weighted by Crippen LogP contribution is -1.99. The van der Waals surface area contributed by atoms with Gasteiger partial charge in [-0.15, -0.1) is 0 Å². The molecule has 0 aliphatic heterocycles. The monoisotopic (exact) mass is 206 g/mol. The van der Waals surface area contributed by atoms with E-state index >= 15 is 0 Å². The third-order valence-corrected chi connectivity index (χ3v) is 2.30. The summed E-state index contributed by atoms with van der Waals surface area (Å²) in [5.41, 5.74) is 0.632. The van der Waals surface area contributed by atoms with E-state index in [0.29, 0.717) is 17.9 Å². The number of hydrogen-bond donors (Lipinski definition) is 0. The summed E-state index contributed by atoms with van der Waals surface area (Å²) in [7, 11) is 0. The summed E-state index contributed by atoms with van der Waals surface area (Å²) >= 11 is 0. The minimum absolute atomic E-state index is 0.632. The van der Waals surface area contributed by atoms with E-state index in [2.05, 4.69) is 6.92 Å². The molecule has 0 aromatic heterocycles. The Bertz CT molecular complexity index is 294. The second-order valence-corrected chi connectivity index (χ2v) is 3.56. The standard InChI is InChI=1S/C13H18O2/c1-2-3-4-7-10-15-13-9-6-5-8-12(13)11-14/h5-6,8-9,11H,2-4,7,10H2,1H3. The van der Waals surface area contributed by atoms with E-state index in [1.807, 2.05) is 18.2 Å². The van der Waals surface area contributed by atoms with Crippen molar-refractivity contribution in [2.45, 2.75) is 32.6 Å². The maximum Gasteiger partial charge on any atom is 0.153 e. The molecule has 0 aliphatic carbocycles. The van der Waals surface area contributed by atoms with Crippen LogP contribution in [0, 0.1) is 0 Å². The zero-order valence-corrected chi connectivity index (χ0v) is 9.24. The summed E-state index contributed by atoms with van der Waals surface area (Å²) in [6.07, 6.45) is 5.56. The van der Waals surface area contributed by atoms with E-state index in [0.717, 1.165) is 12.7 Å². The maximum absolute atomic E-state index is 10.7. The molecule has 0 bridgehead atoms. The Morgan fingerprint density at radius 2 is 2.00 bits per heavy atom. The molecule has 1 aromatic carbocycles. The topological polar surface area (TPSA) is 26.3 Å². The van der Waals surface area contributed by atoms with Crippen LogP contribution in [-0.4, -0.2) is 12.9 Å². The van der Waals surface area contributed by atoms with E-state index in [-0.39, 0.29) is 0 Å². The second kappa shape index (κ2) is 7.04. The van der Waals surface area contributed by atoms with E-state index in [4.69, 9.17) is 4.74 Å². The lowest BCUT2D eigenvalue weighted by molar-refractivity contribution is 0.111. The molecule has 0 saturated heterocycles. The molecular formula is C13H18O2. The Morgan fingerprint density at radius 1 is 1.20 bits per heavy atom. The zero-order chi connectivity index (χ0) is 10.9. The van der Waals surface area contributed by atoms with Crippen molar-refractivity contribution in [3.63, 3.8) is 0 Å². The van der Waals surface area contributed by atoms with Gasteiger partial charge in [-0.3, -0.25) is 4.79 Å². The van der Waals surface area contributed by atoms with E-state index in [9.17, 15) is 4.79 Å². The molecule has 0 N–H and O–H groups in total. The van der Waals surface area contributed by atoms with E-state index in [1.54, 1.807) is 6.07 Å². The van der Waals surface area contributed by atoms with Gasteiger partial charge in [-0.2, -0.15) is 0 Å². The van der Waals surface area contributed by atoms with Crippen molar-refractivity contribution in [2.75, 3.05) is 6.61 Å². The molecule has 15 heavy (non-hydrogen) atoms. The van der Waals surface area contributed by atoms with Gasteiger partial charge >= 0.3 is 0 Å². The highest BCUT2D eigenvalue weighted by Gasteiger charge is 2.00. The summed E-state index contributed by atoms with van der Waals surface area (Å²) in [5, 5.41) is 0. The normalized spacial score (nSPS) is 9.93. The highest BCUT2D eigenvalue weighted by Crippen LogP contribution is 2.16. The largest absolute Gasteiger partial charge is 0.493 e. The Kier molecular flexibility index (Phi) is 5.52. The van der Waals surface area contributed by atoms with Gasteiger partial charge in [0.25, 0.3) is 0 Å². The molecular weight excluding hydrogens is 188 g/mol. The SMILES string of the molecule is CCCCCCOc1ccccc1C=O. The molecule has 1 aromatic rings. The van der Waals surface area contributed by atoms with Crippen LogP contribution in [0.5, 0.6) is 5.75 Å². The Hall–Kier alpha value is -1.31. The van der Waals surface area contributed by atoms with Crippen LogP contribution in [0.3, 0.4) is 0 Å². The molecule has 2 heteroatoms. The second-order valence-electron chi connectivity index (χ2n) is 3.56. The van der Waals surface area contributed by atoms with Gasteiger partial charge in [-0.05, 0) is 18.6 Å². The number of ether oxygens (including phenoxy) is 1. The van der Waals surface area contributed by atoms with Gasteiger partial charge in [0, 0.05) is 0 Å². The van der Waals surface area contributed by atoms with Crippen molar-refractivity contribution in [2.24, 2.45) is 0 Å². The number of benzene rings is 1. The first-order valence-electron chi connectivity index (χ1n) is 5.55. The first-order chi connectivity index (χ1) is 7.38. The number of aldehydes is 1. The van der Waals surface area contributed by atoms with Gasteiger partial charge < -0.3 is 4.74 Å². The molecule has 0 heterocycles. The molecule has 0 radical (unpaired) electrons. The predicted octanol–water partition coefficient (Wildman–Crippen LogP) is 3.46. The molecule has 0 atom stereocenters. The van der Waals surface area contributed by atoms with Crippen LogP contribution >= 0.6 is 0 Å². The summed E-state index contributed by atoms with van der Waals surface area (Å²) in [5.74, 6) is 0.698. The molecule has 82 valence electrons. The van der Waals surface area contributed by atoms with Gasteiger partial charge in [0.1, 0.15) is 5.75 Å². The van der Waals surface area contributed by atoms with Crippen LogP contribution in [-0.2, 0) is 0 Å². The molecule has 0 saturated carbocycles. The van der Waals surface area contributed by atoms with Crippen molar-refractivity contribution < 1.29 is 9.53 Å². The highest BCUT2D eigenvalue weighted by molar-refractivity contribution is 5.79. The van der Waals surface area contributed by atoms with Crippen molar-refractivity contribution in [3.05, 3.63) is 29.8 Å². The van der Waals surface area contributed by atoms with Crippen molar-refractivity contribution in [3.8, 4) is 5.75 Å². The molecule has 0 aliphatic rings. The van der Waals surface area contributed by atoms with E-state index < -0.39 is 0 Å². The molecule has 0 fully saturated rings. The summed E-state index contributed by atoms with van der Waals surface area (Å²) in [4.78, 5) is 10.7. The first-order valence-corrected chi connectivity index (χ1v) is 5.55. The molecule has 0 spiro atoms. The number of carbonyl (C=O) groups is 1. The van der Waals surface area contributed by atoms with E-state index in [1.165, 1.54) is 19.3 Å². The lowest BCUT2D eigenvalue weighted by atomic mass is 10.2. The molecule has 0 amide bonds. The zero-order valence-electron chi connectivity index (χ0n) is 9.24. The minimum atomic E-state index is 0.632. The predicted molar refractivity (Wildman–Crippen MR) is 61.5 cm³/mol. The highest BCUT2D eigenvalue weighted by atomic mass is 16.5. The summed E-state index contributed by atoms with van der Waals surface area (Å²) in [6.45, 7) is 2.88. The van der Waals surface area contributed by atoms with Crippen LogP contribution in [0.15, 0.2) is 24.3 Å². The quantitative estimate of drug-likeness (QED) is 0.504. The lowest BCUT2D eigenvalue weighted by Gasteiger charge is -2.07. The summed E-state index contributed by atoms with van der Waals surface area (Å²) in [6, 6.07) is 7.33. The third-order valence-electron chi connectivity index (χ3n) is 2.30. The number of unbranched alkanes of at least 4 members (excludes halogenated alkanes) is 3. The number of carbonyl (C=O) groups excluding carboxylic acids is 1. The molecule has 1 rings (SSSR count). The van der Waals surface area contributed by atoms with Gasteiger partial charge in [-0.1, -0.05) is 38.3 Å². The van der Waals surface area contributed by atoms with Crippen LogP contribution in [0.25, 0.3) is 0 Å². The Balaban J connectivity index is 2.33. The first kappa shape index (κ1) is 11.8. The maximum atomic E-state index is 10.7. The van der Waals surface area contributed by atoms with Gasteiger partial charge in [0.15, 0.2) is 6.29 Å². The van der Waals surface area contributed by atoms with Gasteiger partial charge in [-0.25, -0.2) is 0 Å². The van der Waals surface area contributed by atoms with Crippen molar-refractivity contribution in [1.29, 1.82) is 0 Å². The smallest absolute Gasteiger partial charge is 0.153 e. The fraction of sp³-hybridized carbons (Fsp3) is 0.462. The van der Waals surface area contributed by atoms with Crippen LogP contribution in [0.4, 0.5) is 0 Å². The summed E-state index contributed by atoms with van der Waals surface area (Å²) < 4.78 is 5.54. The number of hydrogen-bond acceptors (Lipinski definition) is 2. The Labute approximate surface area is 91.3 Å². The fourth-order valence-corrected chi connectivity index (χ4v) is 1.42. The molecule has 2 nitrogen and oxygen atoms in total. The third kappa shape index (κ3) is 4.15. The molecule has 0 unspecified atom stereocenters. The Morgan fingerprint density at radius 3 is 2.73 bits per heavy atom. The van der Waals surface area contributed by atoms with Gasteiger partial charge in [0.2, 0.25) is 0 Å². The van der Waals surface area contributed by atoms with Crippen molar-refractivity contribution >= 4 is 6.29 Å². The minimum Gasteiger partial charge on any atom is -0.493 e. The van der Waals surface area contributed by atoms with Crippen LogP contribution in [0.2, 0.25) is 0 Å². The van der Waals surface area contributed by atoms with Crippen molar-refractivity contribution in [1.82, 2.24) is 0 Å². The number of para-hydroxylation sites is 1. The van der Waals surface area contributed by atoms with Gasteiger partial charge in [0.05, 0.1) is 12.2 Å². The average molecular weight is 206 g/mol. The van der Waals surface area contributed by atoms with Crippen LogP contribution < -0.4 is 4.74 Å². The average Bonchev–Trinajstić information content (AvgIpc) is 2.29. The fourth-order valence-electron chi connectivity index (χ4n) is 1.42.